The summed E-state index contributed by atoms with van der Waals surface area (Å²) in [4.78, 5) is 14.5. The number of hydrogen-bond donors (Lipinski definition) is 1. The predicted molar refractivity (Wildman–Crippen MR) is 66.3 cm³/mol. The molecule has 0 aliphatic carbocycles. The van der Waals surface area contributed by atoms with Crippen LogP contribution in [-0.2, 0) is 4.79 Å². The molecule has 1 heterocycles. The number of carbonyl (C=O) groups is 1. The third-order valence-electron chi connectivity index (χ3n) is 2.39. The van der Waals surface area contributed by atoms with E-state index in [0.717, 1.165) is 11.6 Å². The normalized spacial score (nSPS) is 10.7. The summed E-state index contributed by atoms with van der Waals surface area (Å²) in [7, 11) is 0. The van der Waals surface area contributed by atoms with Crippen molar-refractivity contribution in [2.75, 3.05) is 0 Å². The minimum atomic E-state index is -1.04. The quantitative estimate of drug-likeness (QED) is 0.843. The Kier molecular flexibility index (Phi) is 3.48. The summed E-state index contributed by atoms with van der Waals surface area (Å²) in [5.74, 6) is -1.42. The Hall–Kier alpha value is -2.49. The largest absolute Gasteiger partial charge is 0.478 e. The maximum Gasteiger partial charge on any atom is 0.328 e. The van der Waals surface area contributed by atoms with E-state index in [2.05, 4.69) is 4.98 Å². The van der Waals surface area contributed by atoms with Crippen LogP contribution in [0.5, 0.6) is 0 Å². The summed E-state index contributed by atoms with van der Waals surface area (Å²) in [5, 5.41) is 8.62. The highest BCUT2D eigenvalue weighted by atomic mass is 19.1. The zero-order valence-electron chi connectivity index (χ0n) is 9.38. The average molecular weight is 243 g/mol. The number of carboxylic acid groups (broad SMARTS) is 1. The van der Waals surface area contributed by atoms with Gasteiger partial charge in [-0.2, -0.15) is 0 Å². The molecular formula is C14H10FNO2. The molecule has 2 aromatic rings. The van der Waals surface area contributed by atoms with Gasteiger partial charge in [-0.05, 0) is 35.4 Å². The lowest BCUT2D eigenvalue weighted by Crippen LogP contribution is -1.89. The van der Waals surface area contributed by atoms with E-state index in [1.54, 1.807) is 24.5 Å². The fraction of sp³-hybridized carbons (Fsp3) is 0. The second-order valence-electron chi connectivity index (χ2n) is 3.64. The summed E-state index contributed by atoms with van der Waals surface area (Å²) in [6, 6.07) is 7.72. The lowest BCUT2D eigenvalue weighted by Gasteiger charge is -2.05. The molecular weight excluding hydrogens is 233 g/mol. The molecule has 4 heteroatoms. The van der Waals surface area contributed by atoms with Crippen LogP contribution in [-0.4, -0.2) is 16.1 Å². The Bertz CT molecular complexity index is 594. The summed E-state index contributed by atoms with van der Waals surface area (Å²) >= 11 is 0. The van der Waals surface area contributed by atoms with E-state index in [0.29, 0.717) is 11.1 Å². The van der Waals surface area contributed by atoms with Crippen molar-refractivity contribution < 1.29 is 14.3 Å². The van der Waals surface area contributed by atoms with Crippen LogP contribution in [0.3, 0.4) is 0 Å². The van der Waals surface area contributed by atoms with Gasteiger partial charge >= 0.3 is 5.97 Å². The topological polar surface area (TPSA) is 50.2 Å². The van der Waals surface area contributed by atoms with E-state index in [-0.39, 0.29) is 5.82 Å². The van der Waals surface area contributed by atoms with E-state index < -0.39 is 5.97 Å². The average Bonchev–Trinajstić information content (AvgIpc) is 2.38. The van der Waals surface area contributed by atoms with Crippen molar-refractivity contribution in [2.45, 2.75) is 0 Å². The number of nitrogens with zero attached hydrogens (tertiary/aromatic N) is 1. The molecule has 3 nitrogen and oxygen atoms in total. The van der Waals surface area contributed by atoms with Crippen molar-refractivity contribution in [3.05, 3.63) is 60.2 Å². The molecule has 0 radical (unpaired) electrons. The Labute approximate surface area is 103 Å². The lowest BCUT2D eigenvalue weighted by molar-refractivity contribution is -0.131. The smallest absolute Gasteiger partial charge is 0.328 e. The number of benzene rings is 1. The molecule has 0 amide bonds. The van der Waals surface area contributed by atoms with Gasteiger partial charge in [0.2, 0.25) is 0 Å². The summed E-state index contributed by atoms with van der Waals surface area (Å²) < 4.78 is 13.3. The minimum Gasteiger partial charge on any atom is -0.478 e. The first-order valence-electron chi connectivity index (χ1n) is 5.28. The van der Waals surface area contributed by atoms with Gasteiger partial charge in [0.25, 0.3) is 0 Å². The van der Waals surface area contributed by atoms with Gasteiger partial charge in [0.1, 0.15) is 5.82 Å². The summed E-state index contributed by atoms with van der Waals surface area (Å²) in [6.45, 7) is 0. The molecule has 0 unspecified atom stereocenters. The van der Waals surface area contributed by atoms with Crippen LogP contribution in [0.1, 0.15) is 5.56 Å². The number of hydrogen-bond acceptors (Lipinski definition) is 2. The third kappa shape index (κ3) is 2.79. The molecule has 2 rings (SSSR count). The number of pyridine rings is 1. The monoisotopic (exact) mass is 243 g/mol. The van der Waals surface area contributed by atoms with Gasteiger partial charge in [0.15, 0.2) is 0 Å². The van der Waals surface area contributed by atoms with Gasteiger partial charge in [-0.3, -0.25) is 4.98 Å². The standard InChI is InChI=1S/C14H10FNO2/c15-12-5-3-10(4-6-14(17)18)13(8-12)11-2-1-7-16-9-11/h1-9H,(H,17,18). The Morgan fingerprint density at radius 1 is 1.33 bits per heavy atom. The highest BCUT2D eigenvalue weighted by Crippen LogP contribution is 2.25. The van der Waals surface area contributed by atoms with Gasteiger partial charge < -0.3 is 5.11 Å². The number of carboxylic acids is 1. The van der Waals surface area contributed by atoms with Crippen molar-refractivity contribution in [3.63, 3.8) is 0 Å². The molecule has 0 aliphatic heterocycles. The SMILES string of the molecule is O=C(O)C=Cc1ccc(F)cc1-c1cccnc1. The van der Waals surface area contributed by atoms with Gasteiger partial charge in [0.05, 0.1) is 0 Å². The minimum absolute atomic E-state index is 0.374. The molecule has 0 fully saturated rings. The third-order valence-corrected chi connectivity index (χ3v) is 2.39. The highest BCUT2D eigenvalue weighted by molar-refractivity contribution is 5.87. The Balaban J connectivity index is 2.51. The van der Waals surface area contributed by atoms with Gasteiger partial charge in [-0.1, -0.05) is 12.1 Å². The van der Waals surface area contributed by atoms with Crippen LogP contribution < -0.4 is 0 Å². The van der Waals surface area contributed by atoms with E-state index in [4.69, 9.17) is 5.11 Å². The molecule has 0 spiro atoms. The Morgan fingerprint density at radius 3 is 2.83 bits per heavy atom. The molecule has 0 aliphatic rings. The van der Waals surface area contributed by atoms with Gasteiger partial charge in [-0.15, -0.1) is 0 Å². The molecule has 1 N–H and O–H groups in total. The molecule has 18 heavy (non-hydrogen) atoms. The zero-order chi connectivity index (χ0) is 13.0. The molecule has 0 bridgehead atoms. The van der Waals surface area contributed by atoms with Crippen LogP contribution in [0.15, 0.2) is 48.8 Å². The highest BCUT2D eigenvalue weighted by Gasteiger charge is 2.05. The molecule has 0 saturated heterocycles. The van der Waals surface area contributed by atoms with Crippen LogP contribution in [0, 0.1) is 5.82 Å². The van der Waals surface area contributed by atoms with Gasteiger partial charge in [0, 0.05) is 24.0 Å². The van der Waals surface area contributed by atoms with Crippen molar-refractivity contribution in [1.29, 1.82) is 0 Å². The van der Waals surface area contributed by atoms with E-state index >= 15 is 0 Å². The van der Waals surface area contributed by atoms with Crippen molar-refractivity contribution >= 4 is 12.0 Å². The second kappa shape index (κ2) is 5.23. The van der Waals surface area contributed by atoms with E-state index in [9.17, 15) is 9.18 Å². The summed E-state index contributed by atoms with van der Waals surface area (Å²) in [5.41, 5.74) is 1.98. The van der Waals surface area contributed by atoms with Crippen molar-refractivity contribution in [1.82, 2.24) is 4.98 Å². The van der Waals surface area contributed by atoms with E-state index in [1.807, 2.05) is 0 Å². The van der Waals surface area contributed by atoms with Crippen molar-refractivity contribution in [3.8, 4) is 11.1 Å². The lowest BCUT2D eigenvalue weighted by atomic mass is 10.0. The molecule has 90 valence electrons. The first-order valence-corrected chi connectivity index (χ1v) is 5.28. The van der Waals surface area contributed by atoms with E-state index in [1.165, 1.54) is 24.3 Å². The van der Waals surface area contributed by atoms with Crippen LogP contribution in [0.25, 0.3) is 17.2 Å². The second-order valence-corrected chi connectivity index (χ2v) is 3.64. The van der Waals surface area contributed by atoms with Crippen LogP contribution in [0.2, 0.25) is 0 Å². The fourth-order valence-corrected chi connectivity index (χ4v) is 1.61. The molecule has 1 aromatic carbocycles. The number of aromatic nitrogens is 1. The number of halogens is 1. The van der Waals surface area contributed by atoms with Crippen LogP contribution in [0.4, 0.5) is 4.39 Å². The number of rotatable bonds is 3. The zero-order valence-corrected chi connectivity index (χ0v) is 9.38. The summed E-state index contributed by atoms with van der Waals surface area (Å²) in [6.07, 6.45) is 5.68. The fourth-order valence-electron chi connectivity index (χ4n) is 1.61. The maximum atomic E-state index is 13.3. The Morgan fingerprint density at radius 2 is 2.17 bits per heavy atom. The first-order chi connectivity index (χ1) is 8.66. The van der Waals surface area contributed by atoms with Crippen molar-refractivity contribution in [2.24, 2.45) is 0 Å². The molecule has 0 saturated carbocycles. The number of aliphatic carboxylic acids is 1. The van der Waals surface area contributed by atoms with Crippen LogP contribution >= 0.6 is 0 Å². The predicted octanol–water partition coefficient (Wildman–Crippen LogP) is 2.99. The first kappa shape index (κ1) is 12.0. The molecule has 0 atom stereocenters. The van der Waals surface area contributed by atoms with Gasteiger partial charge in [-0.25, -0.2) is 9.18 Å². The maximum absolute atomic E-state index is 13.3. The molecule has 1 aromatic heterocycles.